The van der Waals surface area contributed by atoms with E-state index >= 15 is 0 Å². The number of rotatable bonds is 5. The Labute approximate surface area is 120 Å². The molecule has 1 heterocycles. The number of aromatic nitrogens is 1. The molecule has 1 N–H and O–H groups in total. The van der Waals surface area contributed by atoms with Gasteiger partial charge in [0.2, 0.25) is 0 Å². The van der Waals surface area contributed by atoms with Crippen molar-refractivity contribution in [2.24, 2.45) is 0 Å². The van der Waals surface area contributed by atoms with Crippen molar-refractivity contribution in [2.45, 2.75) is 32.9 Å². The van der Waals surface area contributed by atoms with E-state index in [-0.39, 0.29) is 0 Å². The van der Waals surface area contributed by atoms with E-state index < -0.39 is 6.10 Å². The summed E-state index contributed by atoms with van der Waals surface area (Å²) in [6.45, 7) is 4.89. The fourth-order valence-electron chi connectivity index (χ4n) is 2.09. The molecule has 0 saturated carbocycles. The molecule has 0 aliphatic rings. The number of pyridine rings is 1. The largest absolute Gasteiger partial charge is 0.387 e. The third-order valence-electron chi connectivity index (χ3n) is 3.48. The first kappa shape index (κ1) is 14.5. The van der Waals surface area contributed by atoms with Crippen molar-refractivity contribution >= 4 is 5.69 Å². The van der Waals surface area contributed by atoms with Crippen LogP contribution in [-0.4, -0.2) is 17.1 Å². The van der Waals surface area contributed by atoms with Crippen LogP contribution in [0.5, 0.6) is 0 Å². The number of anilines is 1. The highest BCUT2D eigenvalue weighted by atomic mass is 16.3. The van der Waals surface area contributed by atoms with Crippen LogP contribution < -0.4 is 4.90 Å². The van der Waals surface area contributed by atoms with Gasteiger partial charge in [-0.1, -0.05) is 36.8 Å². The third-order valence-corrected chi connectivity index (χ3v) is 3.48. The van der Waals surface area contributed by atoms with Crippen LogP contribution in [0.4, 0.5) is 5.69 Å². The van der Waals surface area contributed by atoms with Gasteiger partial charge < -0.3 is 10.0 Å². The van der Waals surface area contributed by atoms with E-state index in [4.69, 9.17) is 0 Å². The van der Waals surface area contributed by atoms with Crippen molar-refractivity contribution in [2.75, 3.05) is 11.9 Å². The first-order valence-corrected chi connectivity index (χ1v) is 7.01. The van der Waals surface area contributed by atoms with Crippen molar-refractivity contribution in [1.82, 2.24) is 4.98 Å². The zero-order chi connectivity index (χ0) is 14.5. The summed E-state index contributed by atoms with van der Waals surface area (Å²) in [6.07, 6.45) is 2.04. The first-order valence-electron chi connectivity index (χ1n) is 7.01. The highest BCUT2D eigenvalue weighted by Gasteiger charge is 2.07. The van der Waals surface area contributed by atoms with E-state index in [1.807, 2.05) is 32.3 Å². The van der Waals surface area contributed by atoms with Gasteiger partial charge in [-0.3, -0.25) is 4.98 Å². The van der Waals surface area contributed by atoms with Gasteiger partial charge >= 0.3 is 0 Å². The zero-order valence-corrected chi connectivity index (χ0v) is 12.4. The van der Waals surface area contributed by atoms with Gasteiger partial charge in [0.15, 0.2) is 0 Å². The summed E-state index contributed by atoms with van der Waals surface area (Å²) in [5, 5.41) is 9.74. The normalized spacial score (nSPS) is 12.2. The van der Waals surface area contributed by atoms with Gasteiger partial charge in [-0.25, -0.2) is 0 Å². The number of aliphatic hydroxyl groups excluding tert-OH is 1. The minimum Gasteiger partial charge on any atom is -0.387 e. The Hall–Kier alpha value is -1.87. The first-order chi connectivity index (χ1) is 9.60. The molecule has 0 radical (unpaired) electrons. The van der Waals surface area contributed by atoms with Crippen LogP contribution in [0.3, 0.4) is 0 Å². The van der Waals surface area contributed by atoms with Crippen molar-refractivity contribution in [3.05, 3.63) is 59.4 Å². The number of aliphatic hydroxyl groups is 1. The van der Waals surface area contributed by atoms with E-state index in [2.05, 4.69) is 41.1 Å². The van der Waals surface area contributed by atoms with Gasteiger partial charge in [0.25, 0.3) is 0 Å². The SMILES string of the molecule is CC[C@H](O)c1ccc(N(C)Cc2ccc(C)cc2)cn1. The molecule has 1 atom stereocenters. The Morgan fingerprint density at radius 2 is 1.85 bits per heavy atom. The zero-order valence-electron chi connectivity index (χ0n) is 12.4. The molecule has 0 aliphatic heterocycles. The summed E-state index contributed by atoms with van der Waals surface area (Å²) in [7, 11) is 2.05. The number of benzene rings is 1. The van der Waals surface area contributed by atoms with E-state index in [0.717, 1.165) is 17.9 Å². The monoisotopic (exact) mass is 270 g/mol. The van der Waals surface area contributed by atoms with Gasteiger partial charge in [-0.15, -0.1) is 0 Å². The van der Waals surface area contributed by atoms with Crippen LogP contribution in [0.25, 0.3) is 0 Å². The Kier molecular flexibility index (Phi) is 4.74. The maximum Gasteiger partial charge on any atom is 0.0957 e. The molecular formula is C17H22N2O. The predicted molar refractivity (Wildman–Crippen MR) is 82.8 cm³/mol. The summed E-state index contributed by atoms with van der Waals surface area (Å²) in [5.74, 6) is 0. The van der Waals surface area contributed by atoms with Crippen molar-refractivity contribution in [3.8, 4) is 0 Å². The lowest BCUT2D eigenvalue weighted by Gasteiger charge is -2.19. The van der Waals surface area contributed by atoms with E-state index in [1.54, 1.807) is 0 Å². The van der Waals surface area contributed by atoms with Crippen LogP contribution >= 0.6 is 0 Å². The van der Waals surface area contributed by atoms with E-state index in [0.29, 0.717) is 6.42 Å². The minimum absolute atomic E-state index is 0.466. The molecule has 0 amide bonds. The lowest BCUT2D eigenvalue weighted by atomic mass is 10.1. The second kappa shape index (κ2) is 6.53. The highest BCUT2D eigenvalue weighted by Crippen LogP contribution is 2.19. The van der Waals surface area contributed by atoms with Crippen molar-refractivity contribution in [3.63, 3.8) is 0 Å². The van der Waals surface area contributed by atoms with E-state index in [9.17, 15) is 5.11 Å². The maximum atomic E-state index is 9.74. The number of hydrogen-bond donors (Lipinski definition) is 1. The van der Waals surface area contributed by atoms with Crippen LogP contribution in [-0.2, 0) is 6.54 Å². The van der Waals surface area contributed by atoms with Crippen molar-refractivity contribution in [1.29, 1.82) is 0 Å². The Morgan fingerprint density at radius 3 is 2.40 bits per heavy atom. The summed E-state index contributed by atoms with van der Waals surface area (Å²) in [6, 6.07) is 12.5. The molecule has 0 spiro atoms. The second-order valence-electron chi connectivity index (χ2n) is 5.21. The molecule has 1 aromatic heterocycles. The highest BCUT2D eigenvalue weighted by molar-refractivity contribution is 5.44. The molecule has 3 heteroatoms. The molecule has 3 nitrogen and oxygen atoms in total. The molecule has 0 bridgehead atoms. The van der Waals surface area contributed by atoms with Crippen molar-refractivity contribution < 1.29 is 5.11 Å². The summed E-state index contributed by atoms with van der Waals surface area (Å²) in [5.41, 5.74) is 4.34. The Morgan fingerprint density at radius 1 is 1.15 bits per heavy atom. The van der Waals surface area contributed by atoms with Crippen LogP contribution in [0.2, 0.25) is 0 Å². The summed E-state index contributed by atoms with van der Waals surface area (Å²) < 4.78 is 0. The second-order valence-corrected chi connectivity index (χ2v) is 5.21. The van der Waals surface area contributed by atoms with Gasteiger partial charge in [-0.2, -0.15) is 0 Å². The molecule has 0 aliphatic carbocycles. The van der Waals surface area contributed by atoms with Crippen LogP contribution in [0.1, 0.15) is 36.3 Å². The Bertz CT molecular complexity index is 534. The van der Waals surface area contributed by atoms with Crippen LogP contribution in [0, 0.1) is 6.92 Å². The smallest absolute Gasteiger partial charge is 0.0957 e. The number of aryl methyl sites for hydroxylation is 1. The molecule has 1 aromatic carbocycles. The molecule has 106 valence electrons. The molecule has 20 heavy (non-hydrogen) atoms. The average molecular weight is 270 g/mol. The lowest BCUT2D eigenvalue weighted by molar-refractivity contribution is 0.169. The standard InChI is InChI=1S/C17H22N2O/c1-4-17(20)16-10-9-15(11-18-16)19(3)12-14-7-5-13(2)6-8-14/h5-11,17,20H,4,12H2,1-3H3/t17-/m0/s1. The minimum atomic E-state index is -0.466. The van der Waals surface area contributed by atoms with Gasteiger partial charge in [0.05, 0.1) is 23.7 Å². The number of nitrogens with zero attached hydrogens (tertiary/aromatic N) is 2. The average Bonchev–Trinajstić information content (AvgIpc) is 2.49. The maximum absolute atomic E-state index is 9.74. The Balaban J connectivity index is 2.05. The van der Waals surface area contributed by atoms with Gasteiger partial charge in [0.1, 0.15) is 0 Å². The quantitative estimate of drug-likeness (QED) is 0.903. The third kappa shape index (κ3) is 3.58. The molecule has 0 unspecified atom stereocenters. The molecule has 2 aromatic rings. The fraction of sp³-hybridized carbons (Fsp3) is 0.353. The molecule has 0 saturated heterocycles. The molecular weight excluding hydrogens is 248 g/mol. The predicted octanol–water partition coefficient (Wildman–Crippen LogP) is 3.47. The molecule has 2 rings (SSSR count). The number of hydrogen-bond acceptors (Lipinski definition) is 3. The molecule has 0 fully saturated rings. The van der Waals surface area contributed by atoms with E-state index in [1.165, 1.54) is 11.1 Å². The summed E-state index contributed by atoms with van der Waals surface area (Å²) in [4.78, 5) is 6.49. The lowest BCUT2D eigenvalue weighted by Crippen LogP contribution is -2.16. The fourth-order valence-corrected chi connectivity index (χ4v) is 2.09. The van der Waals surface area contributed by atoms with Crippen LogP contribution in [0.15, 0.2) is 42.6 Å². The van der Waals surface area contributed by atoms with Gasteiger partial charge in [-0.05, 0) is 31.0 Å². The summed E-state index contributed by atoms with van der Waals surface area (Å²) >= 11 is 0. The topological polar surface area (TPSA) is 36.4 Å². The van der Waals surface area contributed by atoms with Gasteiger partial charge in [0, 0.05) is 13.6 Å².